The van der Waals surface area contributed by atoms with E-state index in [1.807, 2.05) is 24.6 Å². The highest BCUT2D eigenvalue weighted by molar-refractivity contribution is 7.14. The summed E-state index contributed by atoms with van der Waals surface area (Å²) < 4.78 is 0. The van der Waals surface area contributed by atoms with Gasteiger partial charge in [0.1, 0.15) is 0 Å². The van der Waals surface area contributed by atoms with Crippen LogP contribution in [0, 0.1) is 5.92 Å². The van der Waals surface area contributed by atoms with E-state index in [0.29, 0.717) is 12.0 Å². The van der Waals surface area contributed by atoms with Crippen molar-refractivity contribution in [3.8, 4) is 0 Å². The van der Waals surface area contributed by atoms with Crippen LogP contribution in [0.3, 0.4) is 0 Å². The molecule has 0 radical (unpaired) electrons. The maximum Gasteiger partial charge on any atom is 0.191 e. The van der Waals surface area contributed by atoms with Crippen molar-refractivity contribution in [2.45, 2.75) is 45.7 Å². The fraction of sp³-hybridized carbons (Fsp3) is 0.579. The minimum atomic E-state index is 0.482. The topological polar surface area (TPSA) is 52.6 Å². The van der Waals surface area contributed by atoms with Crippen LogP contribution in [0.4, 0.5) is 5.00 Å². The Morgan fingerprint density at radius 1 is 1.38 bits per heavy atom. The molecule has 3 rings (SSSR count). The first-order valence-corrected chi connectivity index (χ1v) is 11.0. The summed E-state index contributed by atoms with van der Waals surface area (Å²) in [4.78, 5) is 12.6. The number of guanidine groups is 1. The van der Waals surface area contributed by atoms with Crippen LogP contribution in [0.15, 0.2) is 28.7 Å². The lowest BCUT2D eigenvalue weighted by atomic mass is 10.1. The zero-order chi connectivity index (χ0) is 18.4. The Hall–Kier alpha value is -1.60. The fourth-order valence-corrected chi connectivity index (χ4v) is 4.99. The van der Waals surface area contributed by atoms with Gasteiger partial charge >= 0.3 is 0 Å². The van der Waals surface area contributed by atoms with Crippen molar-refractivity contribution in [3.63, 3.8) is 0 Å². The molecule has 0 aliphatic carbocycles. The van der Waals surface area contributed by atoms with Gasteiger partial charge in [0.05, 0.1) is 16.6 Å². The summed E-state index contributed by atoms with van der Waals surface area (Å²) >= 11 is 3.62. The lowest BCUT2D eigenvalue weighted by Gasteiger charge is -2.33. The summed E-state index contributed by atoms with van der Waals surface area (Å²) in [6, 6.07) is 4.82. The van der Waals surface area contributed by atoms with Crippen molar-refractivity contribution >= 4 is 33.6 Å². The number of thiazole rings is 1. The van der Waals surface area contributed by atoms with Crippen LogP contribution >= 0.6 is 22.7 Å². The molecule has 0 spiro atoms. The van der Waals surface area contributed by atoms with Gasteiger partial charge in [-0.25, -0.2) is 4.98 Å². The Kier molecular flexibility index (Phi) is 6.91. The number of aromatic nitrogens is 1. The summed E-state index contributed by atoms with van der Waals surface area (Å²) in [5.41, 5.74) is 0. The van der Waals surface area contributed by atoms with Gasteiger partial charge in [-0.1, -0.05) is 13.8 Å². The maximum absolute atomic E-state index is 4.52. The van der Waals surface area contributed by atoms with Crippen molar-refractivity contribution in [2.24, 2.45) is 10.9 Å². The lowest BCUT2D eigenvalue weighted by Crippen LogP contribution is -2.48. The number of hydrogen-bond donors (Lipinski definition) is 2. The molecule has 0 aromatic carbocycles. The highest BCUT2D eigenvalue weighted by Gasteiger charge is 2.20. The van der Waals surface area contributed by atoms with Crippen LogP contribution in [-0.2, 0) is 13.0 Å². The molecule has 26 heavy (non-hydrogen) atoms. The van der Waals surface area contributed by atoms with E-state index in [1.54, 1.807) is 11.3 Å². The van der Waals surface area contributed by atoms with Crippen molar-refractivity contribution < 1.29 is 0 Å². The summed E-state index contributed by atoms with van der Waals surface area (Å²) in [7, 11) is 1.84. The molecule has 3 heterocycles. The number of aliphatic imine (C=N–C) groups is 1. The third-order valence-corrected chi connectivity index (χ3v) is 6.44. The number of thiophene rings is 1. The van der Waals surface area contributed by atoms with Crippen molar-refractivity contribution in [1.82, 2.24) is 15.6 Å². The Morgan fingerprint density at radius 2 is 2.19 bits per heavy atom. The number of nitrogens with zero attached hydrogens (tertiary/aromatic N) is 3. The maximum atomic E-state index is 4.52. The molecule has 1 aliphatic rings. The monoisotopic (exact) mass is 391 g/mol. The first-order valence-electron chi connectivity index (χ1n) is 9.33. The molecule has 0 amide bonds. The van der Waals surface area contributed by atoms with Crippen molar-refractivity contribution in [3.05, 3.63) is 33.6 Å². The van der Waals surface area contributed by atoms with Gasteiger partial charge in [0.15, 0.2) is 5.96 Å². The first kappa shape index (κ1) is 19.2. The van der Waals surface area contributed by atoms with Gasteiger partial charge in [0.25, 0.3) is 0 Å². The van der Waals surface area contributed by atoms with Gasteiger partial charge in [-0.15, -0.1) is 22.7 Å². The molecule has 2 N–H and O–H groups in total. The van der Waals surface area contributed by atoms with Crippen LogP contribution in [0.5, 0.6) is 0 Å². The average molecular weight is 392 g/mol. The fourth-order valence-electron chi connectivity index (χ4n) is 3.13. The van der Waals surface area contributed by atoms with Crippen LogP contribution in [-0.4, -0.2) is 37.1 Å². The molecular weight excluding hydrogens is 362 g/mol. The van der Waals surface area contributed by atoms with Gasteiger partial charge in [0.2, 0.25) is 0 Å². The zero-order valence-electron chi connectivity index (χ0n) is 15.9. The SMILES string of the molecule is CN=C(NCc1cnc(CC(C)C)s1)NC1CCN(c2cccs2)CC1. The molecule has 7 heteroatoms. The van der Waals surface area contributed by atoms with Crippen molar-refractivity contribution in [2.75, 3.05) is 25.0 Å². The predicted molar refractivity (Wildman–Crippen MR) is 114 cm³/mol. The van der Waals surface area contributed by atoms with E-state index in [4.69, 9.17) is 0 Å². The normalized spacial score (nSPS) is 16.3. The first-order chi connectivity index (χ1) is 12.6. The Labute approximate surface area is 164 Å². The second-order valence-corrected chi connectivity index (χ2v) is 9.23. The molecule has 0 unspecified atom stereocenters. The zero-order valence-corrected chi connectivity index (χ0v) is 17.5. The van der Waals surface area contributed by atoms with Gasteiger partial charge in [-0.05, 0) is 36.3 Å². The molecular formula is C19H29N5S2. The highest BCUT2D eigenvalue weighted by atomic mass is 32.1. The molecule has 2 aromatic rings. The number of anilines is 1. The summed E-state index contributed by atoms with van der Waals surface area (Å²) in [5, 5.41) is 11.8. The second kappa shape index (κ2) is 9.37. The van der Waals surface area contributed by atoms with Gasteiger partial charge in [0, 0.05) is 43.7 Å². The number of rotatable bonds is 6. The van der Waals surface area contributed by atoms with Crippen LogP contribution < -0.4 is 15.5 Å². The van der Waals surface area contributed by atoms with E-state index < -0.39 is 0 Å². The average Bonchev–Trinajstić information content (AvgIpc) is 3.31. The largest absolute Gasteiger partial charge is 0.363 e. The van der Waals surface area contributed by atoms with Gasteiger partial charge < -0.3 is 15.5 Å². The smallest absolute Gasteiger partial charge is 0.191 e. The molecule has 1 fully saturated rings. The summed E-state index contributed by atoms with van der Waals surface area (Å²) in [6.07, 6.45) is 5.32. The Balaban J connectivity index is 1.43. The van der Waals surface area contributed by atoms with E-state index in [0.717, 1.165) is 44.9 Å². The molecule has 2 aromatic heterocycles. The number of nitrogens with one attached hydrogen (secondary N) is 2. The molecule has 1 aliphatic heterocycles. The third kappa shape index (κ3) is 5.45. The highest BCUT2D eigenvalue weighted by Crippen LogP contribution is 2.24. The van der Waals surface area contributed by atoms with Crippen LogP contribution in [0.25, 0.3) is 0 Å². The minimum Gasteiger partial charge on any atom is -0.363 e. The standard InChI is InChI=1S/C19H29N5S2/c1-14(2)11-17-21-12-16(26-17)13-22-19(20-3)23-15-6-8-24(9-7-15)18-5-4-10-25-18/h4-5,10,12,14-15H,6-9,11,13H2,1-3H3,(H2,20,22,23). The predicted octanol–water partition coefficient (Wildman–Crippen LogP) is 3.74. The molecule has 1 saturated heterocycles. The number of hydrogen-bond acceptors (Lipinski definition) is 5. The van der Waals surface area contributed by atoms with E-state index in [9.17, 15) is 0 Å². The van der Waals surface area contributed by atoms with E-state index in [-0.39, 0.29) is 0 Å². The Bertz CT molecular complexity index is 685. The second-order valence-electron chi connectivity index (χ2n) is 7.10. The lowest BCUT2D eigenvalue weighted by molar-refractivity contribution is 0.463. The van der Waals surface area contributed by atoms with Crippen LogP contribution in [0.2, 0.25) is 0 Å². The van der Waals surface area contributed by atoms with Crippen molar-refractivity contribution in [1.29, 1.82) is 0 Å². The van der Waals surface area contributed by atoms with Gasteiger partial charge in [-0.2, -0.15) is 0 Å². The quantitative estimate of drug-likeness (QED) is 0.582. The third-order valence-electron chi connectivity index (χ3n) is 4.49. The molecule has 0 bridgehead atoms. The molecule has 0 saturated carbocycles. The molecule has 0 atom stereocenters. The van der Waals surface area contributed by atoms with E-state index >= 15 is 0 Å². The van der Waals surface area contributed by atoms with E-state index in [1.165, 1.54) is 14.9 Å². The minimum absolute atomic E-state index is 0.482. The number of piperidine rings is 1. The molecule has 5 nitrogen and oxygen atoms in total. The Morgan fingerprint density at radius 3 is 2.85 bits per heavy atom. The van der Waals surface area contributed by atoms with Crippen LogP contribution in [0.1, 0.15) is 36.6 Å². The summed E-state index contributed by atoms with van der Waals surface area (Å²) in [5.74, 6) is 1.54. The molecule has 142 valence electrons. The summed E-state index contributed by atoms with van der Waals surface area (Å²) in [6.45, 7) is 7.44. The van der Waals surface area contributed by atoms with Gasteiger partial charge in [-0.3, -0.25) is 4.99 Å². The van der Waals surface area contributed by atoms with E-state index in [2.05, 4.69) is 56.9 Å².